The molecule has 0 saturated heterocycles. The first-order chi connectivity index (χ1) is 46.9. The van der Waals surface area contributed by atoms with Gasteiger partial charge in [0.15, 0.2) is 6.26 Å². The lowest BCUT2D eigenvalue weighted by molar-refractivity contribution is 0.267. The molecule has 7 heterocycles. The van der Waals surface area contributed by atoms with E-state index in [-0.39, 0.29) is 26.4 Å². The van der Waals surface area contributed by atoms with Crippen LogP contribution < -0.4 is 27.5 Å². The van der Waals surface area contributed by atoms with Gasteiger partial charge in [0.25, 0.3) is 19.1 Å². The monoisotopic (exact) mass is 1360 g/mol. The molecule has 0 atom stereocenters. The molecule has 0 aliphatic heterocycles. The number of nitrogens with two attached hydrogens (primary N) is 3. The minimum Gasteiger partial charge on any atom is -0.505 e. The van der Waals surface area contributed by atoms with Crippen LogP contribution in [0.1, 0.15) is 59.6 Å². The van der Waals surface area contributed by atoms with E-state index in [0.717, 1.165) is 77.5 Å². The van der Waals surface area contributed by atoms with Crippen molar-refractivity contribution in [1.29, 1.82) is 0 Å². The van der Waals surface area contributed by atoms with E-state index in [2.05, 4.69) is 106 Å². The number of rotatable bonds is 10. The number of sulfonamides is 1. The molecule has 0 aliphatic rings. The molecular weight excluding hydrogens is 1300 g/mol. The van der Waals surface area contributed by atoms with Crippen LogP contribution in [0, 0.1) is 19.7 Å². The minimum atomic E-state index is -3.76. The van der Waals surface area contributed by atoms with Crippen molar-refractivity contribution in [2.45, 2.75) is 69.1 Å². The third-order valence-corrected chi connectivity index (χ3v) is 17.2. The topological polar surface area (TPSA) is 298 Å². The molecule has 0 bridgehead atoms. The van der Waals surface area contributed by atoms with Gasteiger partial charge in [-0.3, -0.25) is 30.5 Å². The molecule has 0 amide bonds. The molecule has 0 fully saturated rings. The first-order valence-corrected chi connectivity index (χ1v) is 33.8. The molecule has 0 unspecified atom stereocenters. The Morgan fingerprint density at radius 2 is 0.959 bits per heavy atom. The molecule has 8 N–H and O–H groups in total. The molecule has 26 heteroatoms. The van der Waals surface area contributed by atoms with Crippen molar-refractivity contribution in [2.24, 2.45) is 5.84 Å². The van der Waals surface area contributed by atoms with Crippen LogP contribution in [0.15, 0.2) is 247 Å². The minimum absolute atomic E-state index is 0.0224. The Morgan fingerprint density at radius 3 is 1.38 bits per heavy atom. The lowest BCUT2D eigenvalue weighted by atomic mass is 9.87. The molecule has 13 aromatic rings. The van der Waals surface area contributed by atoms with Gasteiger partial charge in [0.2, 0.25) is 5.69 Å². The van der Waals surface area contributed by atoms with E-state index >= 15 is 0 Å². The Balaban J connectivity index is 0.000000156. The van der Waals surface area contributed by atoms with Crippen LogP contribution in [-0.4, -0.2) is 72.7 Å². The van der Waals surface area contributed by atoms with Gasteiger partial charge in [0.05, 0.1) is 86.4 Å². The van der Waals surface area contributed by atoms with Gasteiger partial charge in [-0.1, -0.05) is 90.1 Å². The summed E-state index contributed by atoms with van der Waals surface area (Å²) in [6, 6.07) is 55.5. The highest BCUT2D eigenvalue weighted by molar-refractivity contribution is 8.13. The zero-order valence-corrected chi connectivity index (χ0v) is 56.8. The second-order valence-corrected chi connectivity index (χ2v) is 27.3. The summed E-state index contributed by atoms with van der Waals surface area (Å²) in [5, 5.41) is 16.6. The fourth-order valence-corrected chi connectivity index (χ4v) is 11.3. The van der Waals surface area contributed by atoms with Crippen molar-refractivity contribution in [3.63, 3.8) is 0 Å². The molecule has 98 heavy (non-hydrogen) atoms. The summed E-state index contributed by atoms with van der Waals surface area (Å²) in [7, 11) is -2.15. The largest absolute Gasteiger partial charge is 0.554 e. The van der Waals surface area contributed by atoms with E-state index in [1.54, 1.807) is 94.5 Å². The Morgan fingerprint density at radius 1 is 0.531 bits per heavy atom. The highest BCUT2D eigenvalue weighted by Gasteiger charge is 2.21. The van der Waals surface area contributed by atoms with Crippen LogP contribution in [-0.2, 0) is 34.6 Å². The number of ether oxygens (including phenoxy) is 1. The predicted molar refractivity (Wildman–Crippen MR) is 388 cm³/mol. The molecular formula is C72H69ClN18O5S2. The number of nitrogens with one attached hydrogen (secondary N) is 2. The van der Waals surface area contributed by atoms with Gasteiger partial charge < -0.3 is 21.6 Å². The van der Waals surface area contributed by atoms with Crippen LogP contribution in [0.2, 0.25) is 0 Å². The van der Waals surface area contributed by atoms with Crippen molar-refractivity contribution in [1.82, 2.24) is 49.3 Å². The highest BCUT2D eigenvalue weighted by atomic mass is 35.7. The van der Waals surface area contributed by atoms with Crippen LogP contribution in [0.25, 0.3) is 75.2 Å². The fourth-order valence-electron chi connectivity index (χ4n) is 9.44. The van der Waals surface area contributed by atoms with E-state index < -0.39 is 19.1 Å². The van der Waals surface area contributed by atoms with E-state index in [4.69, 9.17) is 47.7 Å². The van der Waals surface area contributed by atoms with Crippen molar-refractivity contribution in [3.8, 4) is 17.1 Å². The maximum Gasteiger partial charge on any atom is 0.554 e. The van der Waals surface area contributed by atoms with Crippen LogP contribution in [0.3, 0.4) is 0 Å². The SMILES string of the molecule is CC(C)(C)c1ccc(S(=O)(=O)Cl)cc1.CC(C)(C)c1ccc(S(=O)(=O)Nc2ccnn2-c2cccc3ncccc23)cc1.NNc1cccc2ncccc12.Nc1ccnn1-c1cccc2ncccc12.[C-]#[N+]C(=COCC)[N+]#[C-].[C-]#[N+]c1cnn(-c2cccc3ncccc23)c1N. The van der Waals surface area contributed by atoms with Crippen molar-refractivity contribution >= 4 is 102 Å². The van der Waals surface area contributed by atoms with Crippen molar-refractivity contribution in [2.75, 3.05) is 28.2 Å². The average Bonchev–Trinajstić information content (AvgIpc) is 1.53. The smallest absolute Gasteiger partial charge is 0.505 e. The second-order valence-electron chi connectivity index (χ2n) is 23.0. The Labute approximate surface area is 572 Å². The molecule has 0 radical (unpaired) electrons. The molecule has 0 aliphatic carbocycles. The lowest BCUT2D eigenvalue weighted by Crippen LogP contribution is -2.17. The highest BCUT2D eigenvalue weighted by Crippen LogP contribution is 2.31. The Kier molecular flexibility index (Phi) is 23.7. The Hall–Kier alpha value is -12.1. The van der Waals surface area contributed by atoms with Gasteiger partial charge in [-0.05, 0) is 150 Å². The molecule has 6 aromatic carbocycles. The first kappa shape index (κ1) is 71.8. The summed E-state index contributed by atoms with van der Waals surface area (Å²) in [6.45, 7) is 34.6. The molecule has 496 valence electrons. The standard InChI is InChI=1S/C22H22N4O2S.C13H9N5.C12H10N4.C10H13ClO2S.C9H9N3.C6H6N2O/c1-22(2,3)16-9-11-17(12-10-16)29(27,28)25-21-13-15-24-26(21)20-8-4-7-19-18(20)6-5-14-23-19;1-15-11-8-17-18(13(11)14)12-6-2-5-10-9(12)4-3-7-16-10;13-12-6-8-15-16(12)11-5-1-4-10-9(11)3-2-7-14-10;1-10(2,3)8-4-6-9(7-5-8)14(11,12)13;10-12-9-5-1-4-8-7(9)3-2-6-11-8;1-4-9-5-6(7-2)8-3/h4-15,25H,1-3H3;2-8H,14H2;1-8H,13H2;4-7H,1-3H3;1-6,12H,10H2;5H,4H2,1H3. The number of fused-ring (bicyclic) bond motifs is 4. The molecule has 13 rings (SSSR count). The van der Waals surface area contributed by atoms with E-state index in [0.29, 0.717) is 29.7 Å². The Bertz CT molecular complexity index is 5260. The molecule has 0 saturated carbocycles. The zero-order valence-electron chi connectivity index (χ0n) is 54.4. The summed E-state index contributed by atoms with van der Waals surface area (Å²) in [4.78, 5) is 26.6. The lowest BCUT2D eigenvalue weighted by Gasteiger charge is -2.19. The van der Waals surface area contributed by atoms with Gasteiger partial charge in [-0.2, -0.15) is 25.0 Å². The normalized spacial score (nSPS) is 11.0. The fraction of sp³-hybridized carbons (Fsp3) is 0.139. The van der Waals surface area contributed by atoms with Gasteiger partial charge in [0.1, 0.15) is 30.6 Å². The summed E-state index contributed by atoms with van der Waals surface area (Å²) < 4.78 is 60.0. The quantitative estimate of drug-likeness (QED) is 0.0279. The number of nitrogens with zero attached hydrogens (tertiary/aromatic N) is 13. The summed E-state index contributed by atoms with van der Waals surface area (Å²) >= 11 is 0. The van der Waals surface area contributed by atoms with Gasteiger partial charge in [0, 0.05) is 69.1 Å². The van der Waals surface area contributed by atoms with E-state index in [1.807, 2.05) is 133 Å². The molecule has 7 aromatic heterocycles. The third kappa shape index (κ3) is 18.2. The van der Waals surface area contributed by atoms with Crippen LogP contribution >= 0.6 is 10.7 Å². The van der Waals surface area contributed by atoms with Gasteiger partial charge >= 0.3 is 5.82 Å². The van der Waals surface area contributed by atoms with Gasteiger partial charge in [-0.15, -0.1) is 0 Å². The summed E-state index contributed by atoms with van der Waals surface area (Å²) in [5.74, 6) is 6.64. The number of benzene rings is 6. The number of halogens is 1. The van der Waals surface area contributed by atoms with E-state index in [9.17, 15) is 16.8 Å². The molecule has 23 nitrogen and oxygen atoms in total. The number of nitrogen functional groups attached to an aromatic ring is 3. The third-order valence-electron chi connectivity index (χ3n) is 14.4. The maximum absolute atomic E-state index is 12.9. The summed E-state index contributed by atoms with van der Waals surface area (Å²) in [6.07, 6.45) is 12.9. The molecule has 0 spiro atoms. The van der Waals surface area contributed by atoms with Crippen molar-refractivity contribution < 1.29 is 21.6 Å². The zero-order chi connectivity index (χ0) is 70.6. The van der Waals surface area contributed by atoms with Crippen LogP contribution in [0.4, 0.5) is 28.8 Å². The average molecular weight is 1370 g/mol. The second kappa shape index (κ2) is 32.4. The summed E-state index contributed by atoms with van der Waals surface area (Å²) in [5.41, 5.74) is 23.9. The number of hydrogen-bond donors (Lipinski definition) is 5. The number of hydrazine groups is 1. The van der Waals surface area contributed by atoms with Gasteiger partial charge in [-0.25, -0.2) is 35.7 Å². The first-order valence-electron chi connectivity index (χ1n) is 30.0. The number of aromatic nitrogens is 10. The predicted octanol–water partition coefficient (Wildman–Crippen LogP) is 15.2. The number of anilines is 4. The number of pyridine rings is 4. The number of hydrogen-bond acceptors (Lipinski definition) is 16. The van der Waals surface area contributed by atoms with E-state index in [1.165, 1.54) is 24.6 Å². The maximum atomic E-state index is 12.9. The van der Waals surface area contributed by atoms with Crippen LogP contribution in [0.5, 0.6) is 0 Å². The van der Waals surface area contributed by atoms with Crippen molar-refractivity contribution in [3.05, 3.63) is 283 Å².